The highest BCUT2D eigenvalue weighted by Gasteiger charge is 2.21. The average molecular weight is 305 g/mol. The van der Waals surface area contributed by atoms with Crippen LogP contribution in [0.2, 0.25) is 5.02 Å². The monoisotopic (exact) mass is 304 g/mol. The molecule has 1 aliphatic heterocycles. The summed E-state index contributed by atoms with van der Waals surface area (Å²) in [6.45, 7) is 2.53. The second-order valence-corrected chi connectivity index (χ2v) is 5.75. The number of rotatable bonds is 2. The van der Waals surface area contributed by atoms with Crippen molar-refractivity contribution in [3.05, 3.63) is 64.9 Å². The number of nitrogens with zero attached hydrogens (tertiary/aromatic N) is 1. The lowest BCUT2D eigenvalue weighted by molar-refractivity contribution is 0.564. The lowest BCUT2D eigenvalue weighted by Gasteiger charge is -2.27. The molecule has 1 N–H and O–H groups in total. The molecule has 3 rings (SSSR count). The molecular formula is C17H18ClFN2. The van der Waals surface area contributed by atoms with E-state index in [0.717, 1.165) is 26.1 Å². The third kappa shape index (κ3) is 3.36. The van der Waals surface area contributed by atoms with Crippen LogP contribution in [0.4, 0.5) is 10.1 Å². The van der Waals surface area contributed by atoms with Crippen molar-refractivity contribution in [3.63, 3.8) is 0 Å². The molecule has 0 radical (unpaired) electrons. The number of hydrogen-bond donors (Lipinski definition) is 1. The second kappa shape index (κ2) is 6.46. The van der Waals surface area contributed by atoms with E-state index in [-0.39, 0.29) is 11.9 Å². The molecule has 2 aromatic rings. The summed E-state index contributed by atoms with van der Waals surface area (Å²) < 4.78 is 14.2. The van der Waals surface area contributed by atoms with Crippen molar-refractivity contribution in [2.75, 3.05) is 24.5 Å². The molecule has 1 saturated heterocycles. The van der Waals surface area contributed by atoms with Gasteiger partial charge in [0.1, 0.15) is 5.82 Å². The summed E-state index contributed by atoms with van der Waals surface area (Å²) in [6.07, 6.45) is 0.991. The average Bonchev–Trinajstić information content (AvgIpc) is 2.74. The summed E-state index contributed by atoms with van der Waals surface area (Å²) in [5.41, 5.74) is 1.86. The first kappa shape index (κ1) is 14.4. The Kier molecular flexibility index (Phi) is 4.42. The molecule has 0 amide bonds. The van der Waals surface area contributed by atoms with Crippen molar-refractivity contribution in [3.8, 4) is 0 Å². The van der Waals surface area contributed by atoms with Crippen LogP contribution in [-0.2, 0) is 0 Å². The summed E-state index contributed by atoms with van der Waals surface area (Å²) >= 11 is 5.84. The first-order valence-corrected chi connectivity index (χ1v) is 7.60. The van der Waals surface area contributed by atoms with Crippen LogP contribution in [0.1, 0.15) is 18.0 Å². The third-order valence-corrected chi connectivity index (χ3v) is 4.09. The highest BCUT2D eigenvalue weighted by Crippen LogP contribution is 2.26. The van der Waals surface area contributed by atoms with Crippen molar-refractivity contribution in [2.45, 2.75) is 12.5 Å². The Morgan fingerprint density at radius 1 is 1.14 bits per heavy atom. The molecule has 1 fully saturated rings. The summed E-state index contributed by atoms with van der Waals surface area (Å²) in [5.74, 6) is -0.254. The van der Waals surface area contributed by atoms with Gasteiger partial charge in [-0.05, 0) is 36.7 Å². The number of benzene rings is 2. The lowest BCUT2D eigenvalue weighted by atomic mass is 10.1. The van der Waals surface area contributed by atoms with Crippen molar-refractivity contribution in [1.29, 1.82) is 0 Å². The Morgan fingerprint density at radius 3 is 2.71 bits per heavy atom. The number of nitrogens with one attached hydrogen (secondary N) is 1. The van der Waals surface area contributed by atoms with E-state index in [0.29, 0.717) is 10.7 Å². The fourth-order valence-corrected chi connectivity index (χ4v) is 2.95. The molecule has 2 nitrogen and oxygen atoms in total. The van der Waals surface area contributed by atoms with Crippen LogP contribution in [0.15, 0.2) is 48.5 Å². The van der Waals surface area contributed by atoms with Gasteiger partial charge in [0.05, 0.1) is 5.69 Å². The van der Waals surface area contributed by atoms with E-state index in [4.69, 9.17) is 11.6 Å². The Morgan fingerprint density at radius 2 is 1.95 bits per heavy atom. The van der Waals surface area contributed by atoms with Gasteiger partial charge in [-0.15, -0.1) is 0 Å². The molecule has 1 aliphatic rings. The second-order valence-electron chi connectivity index (χ2n) is 5.31. The molecule has 21 heavy (non-hydrogen) atoms. The van der Waals surface area contributed by atoms with E-state index < -0.39 is 0 Å². The quantitative estimate of drug-likeness (QED) is 0.901. The molecule has 1 unspecified atom stereocenters. The van der Waals surface area contributed by atoms with Crippen molar-refractivity contribution < 1.29 is 4.39 Å². The van der Waals surface area contributed by atoms with Gasteiger partial charge >= 0.3 is 0 Å². The minimum absolute atomic E-state index is 0.212. The molecular weight excluding hydrogens is 287 g/mol. The minimum Gasteiger partial charge on any atom is -0.367 e. The lowest BCUT2D eigenvalue weighted by Crippen LogP contribution is -2.31. The molecule has 1 atom stereocenters. The molecule has 0 bridgehead atoms. The third-order valence-electron chi connectivity index (χ3n) is 3.85. The van der Waals surface area contributed by atoms with Crippen LogP contribution in [-0.4, -0.2) is 19.6 Å². The molecule has 2 aromatic carbocycles. The predicted molar refractivity (Wildman–Crippen MR) is 85.4 cm³/mol. The van der Waals surface area contributed by atoms with Crippen LogP contribution < -0.4 is 10.2 Å². The maximum atomic E-state index is 14.2. The molecule has 0 aromatic heterocycles. The van der Waals surface area contributed by atoms with E-state index in [2.05, 4.69) is 22.3 Å². The van der Waals surface area contributed by atoms with Crippen LogP contribution in [0.25, 0.3) is 0 Å². The van der Waals surface area contributed by atoms with Gasteiger partial charge in [-0.25, -0.2) is 4.39 Å². The largest absolute Gasteiger partial charge is 0.367 e. The Hall–Kier alpha value is -1.58. The summed E-state index contributed by atoms with van der Waals surface area (Å²) in [6, 6.07) is 15.4. The van der Waals surface area contributed by atoms with Crippen LogP contribution in [0, 0.1) is 5.82 Å². The number of halogens is 2. The highest BCUT2D eigenvalue weighted by molar-refractivity contribution is 6.30. The number of hydrogen-bond acceptors (Lipinski definition) is 2. The Balaban J connectivity index is 1.85. The first-order valence-electron chi connectivity index (χ1n) is 7.22. The smallest absolute Gasteiger partial charge is 0.147 e. The number of anilines is 1. The fourth-order valence-electron chi connectivity index (χ4n) is 2.79. The summed E-state index contributed by atoms with van der Waals surface area (Å²) in [5, 5.41) is 3.97. The van der Waals surface area contributed by atoms with Gasteiger partial charge in [-0.2, -0.15) is 0 Å². The van der Waals surface area contributed by atoms with Crippen molar-refractivity contribution in [2.24, 2.45) is 0 Å². The van der Waals surface area contributed by atoms with Gasteiger partial charge in [0.2, 0.25) is 0 Å². The predicted octanol–water partition coefficient (Wildman–Crippen LogP) is 4.02. The molecule has 1 heterocycles. The zero-order valence-corrected chi connectivity index (χ0v) is 12.5. The van der Waals surface area contributed by atoms with Gasteiger partial charge in [0.25, 0.3) is 0 Å². The van der Waals surface area contributed by atoms with E-state index >= 15 is 0 Å². The molecule has 0 aliphatic carbocycles. The van der Waals surface area contributed by atoms with Crippen molar-refractivity contribution >= 4 is 17.3 Å². The van der Waals surface area contributed by atoms with Gasteiger partial charge in [-0.3, -0.25) is 0 Å². The van der Waals surface area contributed by atoms with Gasteiger partial charge in [0, 0.05) is 24.2 Å². The van der Waals surface area contributed by atoms with Gasteiger partial charge < -0.3 is 10.2 Å². The van der Waals surface area contributed by atoms with E-state index in [9.17, 15) is 4.39 Å². The van der Waals surface area contributed by atoms with E-state index in [1.54, 1.807) is 12.1 Å². The van der Waals surface area contributed by atoms with E-state index in [1.807, 2.05) is 18.2 Å². The minimum atomic E-state index is -0.254. The summed E-state index contributed by atoms with van der Waals surface area (Å²) in [7, 11) is 0. The fraction of sp³-hybridized carbons (Fsp3) is 0.294. The molecule has 4 heteroatoms. The van der Waals surface area contributed by atoms with E-state index in [1.165, 1.54) is 11.6 Å². The Bertz CT molecular complexity index is 603. The maximum absolute atomic E-state index is 14.2. The maximum Gasteiger partial charge on any atom is 0.147 e. The molecule has 0 saturated carbocycles. The molecule has 0 spiro atoms. The molecule has 110 valence electrons. The SMILES string of the molecule is Fc1cc(Cl)ccc1N1CCCNC(c2ccccc2)C1. The first-order chi connectivity index (χ1) is 10.2. The zero-order chi connectivity index (χ0) is 14.7. The normalized spacial score (nSPS) is 19.3. The van der Waals surface area contributed by atoms with Crippen LogP contribution >= 0.6 is 11.6 Å². The Labute approximate surface area is 129 Å². The van der Waals surface area contributed by atoms with Crippen LogP contribution in [0.3, 0.4) is 0 Å². The summed E-state index contributed by atoms with van der Waals surface area (Å²) in [4.78, 5) is 2.10. The standard InChI is InChI=1S/C17H18ClFN2/c18-14-7-8-17(15(19)11-14)21-10-4-9-20-16(12-21)13-5-2-1-3-6-13/h1-3,5-8,11,16,20H,4,9-10,12H2. The van der Waals surface area contributed by atoms with Gasteiger partial charge in [0.15, 0.2) is 0 Å². The topological polar surface area (TPSA) is 15.3 Å². The highest BCUT2D eigenvalue weighted by atomic mass is 35.5. The van der Waals surface area contributed by atoms with Crippen molar-refractivity contribution in [1.82, 2.24) is 5.32 Å². The van der Waals surface area contributed by atoms with Crippen LogP contribution in [0.5, 0.6) is 0 Å². The van der Waals surface area contributed by atoms with Gasteiger partial charge in [-0.1, -0.05) is 41.9 Å². The zero-order valence-electron chi connectivity index (χ0n) is 11.7.